The molecule has 1 unspecified atom stereocenters. The van der Waals surface area contributed by atoms with Crippen molar-refractivity contribution in [3.05, 3.63) is 144 Å². The zero-order chi connectivity index (χ0) is 54.9. The van der Waals surface area contributed by atoms with Crippen molar-refractivity contribution in [1.82, 2.24) is 0 Å². The summed E-state index contributed by atoms with van der Waals surface area (Å²) in [5.74, 6) is -3.81. The van der Waals surface area contributed by atoms with Crippen LogP contribution in [0.2, 0.25) is 0 Å². The summed E-state index contributed by atoms with van der Waals surface area (Å²) in [6.45, 7) is 13.7. The van der Waals surface area contributed by atoms with Crippen molar-refractivity contribution in [3.63, 3.8) is 0 Å². The number of benzene rings is 4. The van der Waals surface area contributed by atoms with E-state index in [1.54, 1.807) is 24.3 Å². The van der Waals surface area contributed by atoms with Crippen molar-refractivity contribution >= 4 is 5.97 Å². The highest BCUT2D eigenvalue weighted by molar-refractivity contribution is 5.89. The lowest BCUT2D eigenvalue weighted by atomic mass is 9.93. The summed E-state index contributed by atoms with van der Waals surface area (Å²) in [5.41, 5.74) is 3.28. The fourth-order valence-corrected chi connectivity index (χ4v) is 10.9. The number of hydrogen-bond donors (Lipinski definition) is 0. The Kier molecular flexibility index (Phi) is 19.9. The number of esters is 1. The van der Waals surface area contributed by atoms with E-state index in [0.717, 1.165) is 36.0 Å². The summed E-state index contributed by atoms with van der Waals surface area (Å²) in [4.78, 5) is 13.6. The van der Waals surface area contributed by atoms with Crippen LogP contribution in [0, 0.1) is 0 Å². The Bertz CT molecular complexity index is 2430. The van der Waals surface area contributed by atoms with E-state index < -0.39 is 115 Å². The lowest BCUT2D eigenvalue weighted by molar-refractivity contribution is -0.377. The topological polar surface area (TPSA) is 165 Å². The smallest absolute Gasteiger partial charge is 0.338 e. The Balaban J connectivity index is 1.13. The molecule has 0 amide bonds. The SMILES string of the molecule is CCCCC[C@@H]1O[C@@H](O[C@H]2[C@H](OC([C@H]3COC(C)(C)O3)[C@@H]3OC(C)(C)O[C@H]3C(OC)OC)O[C@H](COC(=O)c3ccccc3)[C@@H]3OC(C)(C)O[C@@H]32)[C@@H](OCc2ccccc2)[C@H](OCc2ccccc2)[C@@H]1OCc1ccccc1. The van der Waals surface area contributed by atoms with Crippen molar-refractivity contribution in [2.75, 3.05) is 27.4 Å². The van der Waals surface area contributed by atoms with Crippen LogP contribution in [0.15, 0.2) is 121 Å². The molecule has 5 fully saturated rings. The molecule has 4 aromatic rings. The molecule has 17 heteroatoms. The first kappa shape index (κ1) is 58.4. The quantitative estimate of drug-likeness (QED) is 0.0350. The van der Waals surface area contributed by atoms with E-state index in [1.165, 1.54) is 14.2 Å². The number of methoxy groups -OCH3 is 2. The maximum Gasteiger partial charge on any atom is 0.338 e. The predicted molar refractivity (Wildman–Crippen MR) is 283 cm³/mol. The number of unbranched alkanes of at least 4 members (excludes halogenated alkanes) is 2. The molecule has 0 saturated carbocycles. The molecule has 0 radical (unpaired) electrons. The summed E-state index contributed by atoms with van der Waals surface area (Å²) in [5, 5.41) is 0. The van der Waals surface area contributed by atoms with Gasteiger partial charge in [-0.3, -0.25) is 0 Å². The fraction of sp³-hybridized carbons (Fsp3) is 0.590. The molecule has 5 aliphatic rings. The molecule has 9 rings (SSSR count). The fourth-order valence-electron chi connectivity index (χ4n) is 10.9. The maximum atomic E-state index is 13.6. The van der Waals surface area contributed by atoms with Crippen molar-refractivity contribution in [2.24, 2.45) is 0 Å². The number of fused-ring (bicyclic) bond motifs is 1. The van der Waals surface area contributed by atoms with Gasteiger partial charge in [-0.25, -0.2) is 4.79 Å². The second kappa shape index (κ2) is 26.6. The number of carbonyl (C=O) groups is 1. The molecule has 5 heterocycles. The Morgan fingerprint density at radius 1 is 0.564 bits per heavy atom. The van der Waals surface area contributed by atoms with Crippen molar-refractivity contribution in [1.29, 1.82) is 0 Å². The Labute approximate surface area is 459 Å². The first-order valence-corrected chi connectivity index (χ1v) is 27.5. The third kappa shape index (κ3) is 14.8. The van der Waals surface area contributed by atoms with Crippen molar-refractivity contribution < 1.29 is 80.6 Å². The molecule has 5 saturated heterocycles. The van der Waals surface area contributed by atoms with Crippen LogP contribution in [-0.2, 0) is 95.6 Å². The second-order valence-electron chi connectivity index (χ2n) is 21.9. The van der Waals surface area contributed by atoms with Gasteiger partial charge in [-0.2, -0.15) is 0 Å². The van der Waals surface area contributed by atoms with Gasteiger partial charge in [0.1, 0.15) is 73.8 Å². The molecular weight excluding hydrogens is 1000 g/mol. The molecule has 0 bridgehead atoms. The second-order valence-corrected chi connectivity index (χ2v) is 21.9. The first-order chi connectivity index (χ1) is 37.6. The number of ether oxygens (including phenoxy) is 16. The molecular formula is C61H80O17. The Morgan fingerprint density at radius 2 is 1.09 bits per heavy atom. The van der Waals surface area contributed by atoms with Gasteiger partial charge in [-0.05, 0) is 76.8 Å². The van der Waals surface area contributed by atoms with Crippen LogP contribution in [0.4, 0.5) is 0 Å². The molecule has 0 aromatic heterocycles. The monoisotopic (exact) mass is 1080 g/mol. The molecule has 5 aliphatic heterocycles. The summed E-state index contributed by atoms with van der Waals surface area (Å²) in [7, 11) is 3.07. The van der Waals surface area contributed by atoms with Crippen LogP contribution >= 0.6 is 0 Å². The van der Waals surface area contributed by atoms with Gasteiger partial charge >= 0.3 is 5.97 Å². The lowest BCUT2D eigenvalue weighted by Gasteiger charge is -2.49. The van der Waals surface area contributed by atoms with E-state index in [9.17, 15) is 4.79 Å². The minimum atomic E-state index is -1.33. The van der Waals surface area contributed by atoms with Crippen molar-refractivity contribution in [2.45, 2.75) is 203 Å². The highest BCUT2D eigenvalue weighted by Gasteiger charge is 2.62. The number of carbonyl (C=O) groups excluding carboxylic acids is 1. The van der Waals surface area contributed by atoms with Gasteiger partial charge in [0.15, 0.2) is 36.2 Å². The molecule has 0 N–H and O–H groups in total. The lowest BCUT2D eigenvalue weighted by Crippen LogP contribution is -2.66. The van der Waals surface area contributed by atoms with Crippen LogP contribution < -0.4 is 0 Å². The molecule has 4 aromatic carbocycles. The summed E-state index contributed by atoms with van der Waals surface area (Å²) in [6, 6.07) is 38.8. The summed E-state index contributed by atoms with van der Waals surface area (Å²) >= 11 is 0. The highest BCUT2D eigenvalue weighted by atomic mass is 16.8. The molecule has 0 aliphatic carbocycles. The van der Waals surface area contributed by atoms with Gasteiger partial charge < -0.3 is 75.8 Å². The molecule has 17 nitrogen and oxygen atoms in total. The van der Waals surface area contributed by atoms with Gasteiger partial charge in [-0.15, -0.1) is 0 Å². The molecule has 78 heavy (non-hydrogen) atoms. The van der Waals surface area contributed by atoms with Gasteiger partial charge in [0.2, 0.25) is 0 Å². The average Bonchev–Trinajstić information content (AvgIpc) is 4.28. The van der Waals surface area contributed by atoms with Gasteiger partial charge in [0.05, 0.1) is 38.1 Å². The predicted octanol–water partition coefficient (Wildman–Crippen LogP) is 9.21. The number of hydrogen-bond acceptors (Lipinski definition) is 17. The molecule has 0 spiro atoms. The van der Waals surface area contributed by atoms with E-state index in [-0.39, 0.29) is 26.4 Å². The molecule has 426 valence electrons. The van der Waals surface area contributed by atoms with Gasteiger partial charge in [0.25, 0.3) is 0 Å². The van der Waals surface area contributed by atoms with E-state index in [2.05, 4.69) is 6.92 Å². The summed E-state index contributed by atoms with van der Waals surface area (Å²) < 4.78 is 108. The van der Waals surface area contributed by atoms with Crippen LogP contribution in [0.1, 0.15) is 101 Å². The van der Waals surface area contributed by atoms with Gasteiger partial charge in [0, 0.05) is 14.2 Å². The third-order valence-electron chi connectivity index (χ3n) is 14.6. The van der Waals surface area contributed by atoms with E-state index >= 15 is 0 Å². The zero-order valence-corrected chi connectivity index (χ0v) is 46.5. The normalized spacial score (nSPS) is 31.5. The van der Waals surface area contributed by atoms with E-state index in [1.807, 2.05) is 139 Å². The Hall–Kier alpha value is -4.25. The standard InChI is InChI=1S/C61H80O17/c1-10-11-16-33-43-46(65-34-39-25-17-12-18-26-39)49(66-35-40-27-19-13-20-28-40)52(67-36-41-29-21-14-22-30-41)57(70-43)73-53-51-48(75-60(4,5)77-51)44(37-68-55(62)42-31-23-15-24-32-42)71-58(53)72-47(45-38-69-59(2,3)74-45)50-54(56(63-8)64-9)78-61(6,7)76-50/h12-15,17-32,43-54,56-58H,10-11,16,33-38H2,1-9H3/t43-,44+,45+,46+,47?,48-,49+,50-,51-,52-,53+,54+,57-,58-/m0/s1. The van der Waals surface area contributed by atoms with Crippen molar-refractivity contribution in [3.8, 4) is 0 Å². The minimum Gasteiger partial charge on any atom is -0.459 e. The largest absolute Gasteiger partial charge is 0.459 e. The first-order valence-electron chi connectivity index (χ1n) is 27.5. The number of rotatable bonds is 25. The third-order valence-corrected chi connectivity index (χ3v) is 14.6. The maximum absolute atomic E-state index is 13.6. The summed E-state index contributed by atoms with van der Waals surface area (Å²) in [6.07, 6.45) is -10.0. The van der Waals surface area contributed by atoms with Crippen LogP contribution in [0.5, 0.6) is 0 Å². The zero-order valence-electron chi connectivity index (χ0n) is 46.5. The van der Waals surface area contributed by atoms with Gasteiger partial charge in [-0.1, -0.05) is 135 Å². The highest BCUT2D eigenvalue weighted by Crippen LogP contribution is 2.45. The van der Waals surface area contributed by atoms with Crippen LogP contribution in [0.25, 0.3) is 0 Å². The molecule has 14 atom stereocenters. The van der Waals surface area contributed by atoms with Crippen LogP contribution in [-0.4, -0.2) is 143 Å². The average molecular weight is 1090 g/mol. The van der Waals surface area contributed by atoms with Crippen LogP contribution in [0.3, 0.4) is 0 Å². The Morgan fingerprint density at radius 3 is 1.65 bits per heavy atom. The van der Waals surface area contributed by atoms with E-state index in [4.69, 9.17) is 75.8 Å². The minimum absolute atomic E-state index is 0.121. The van der Waals surface area contributed by atoms with E-state index in [0.29, 0.717) is 18.6 Å².